The number of aromatic nitrogens is 2. The highest BCUT2D eigenvalue weighted by molar-refractivity contribution is 5.12. The van der Waals surface area contributed by atoms with Crippen LogP contribution in [0.5, 0.6) is 0 Å². The Balaban J connectivity index is 2.61. The molecule has 0 bridgehead atoms. The van der Waals surface area contributed by atoms with E-state index >= 15 is 0 Å². The monoisotopic (exact) mass is 181 g/mol. The van der Waals surface area contributed by atoms with Gasteiger partial charge in [-0.25, -0.2) is 0 Å². The molecule has 0 aliphatic heterocycles. The third-order valence-electron chi connectivity index (χ3n) is 2.53. The van der Waals surface area contributed by atoms with Gasteiger partial charge in [-0.05, 0) is 24.9 Å². The van der Waals surface area contributed by atoms with Crippen molar-refractivity contribution < 1.29 is 0 Å². The zero-order chi connectivity index (χ0) is 9.84. The van der Waals surface area contributed by atoms with E-state index < -0.39 is 0 Å². The molecule has 1 aromatic rings. The van der Waals surface area contributed by atoms with Crippen molar-refractivity contribution in [3.8, 4) is 0 Å². The number of rotatable bonds is 4. The summed E-state index contributed by atoms with van der Waals surface area (Å²) in [6, 6.07) is 0.509. The van der Waals surface area contributed by atoms with Crippen molar-refractivity contribution in [3.05, 3.63) is 18.0 Å². The molecule has 0 amide bonds. The molecule has 0 spiro atoms. The number of hydrogen-bond donors (Lipinski definition) is 1. The smallest absolute Gasteiger partial charge is 0.0524 e. The van der Waals surface area contributed by atoms with Crippen molar-refractivity contribution in [2.75, 3.05) is 6.54 Å². The topological polar surface area (TPSA) is 29.9 Å². The van der Waals surface area contributed by atoms with Crippen LogP contribution in [-0.4, -0.2) is 22.4 Å². The van der Waals surface area contributed by atoms with Gasteiger partial charge >= 0.3 is 0 Å². The van der Waals surface area contributed by atoms with Gasteiger partial charge in [-0.3, -0.25) is 4.68 Å². The normalized spacial score (nSPS) is 15.7. The van der Waals surface area contributed by atoms with E-state index in [0.29, 0.717) is 12.0 Å². The number of aryl methyl sites for hydroxylation is 1. The minimum Gasteiger partial charge on any atom is -0.314 e. The summed E-state index contributed by atoms with van der Waals surface area (Å²) in [5, 5.41) is 7.59. The molecule has 0 aliphatic rings. The fraction of sp³-hybridized carbons (Fsp3) is 0.700. The van der Waals surface area contributed by atoms with Crippen LogP contribution in [0.4, 0.5) is 0 Å². The van der Waals surface area contributed by atoms with Gasteiger partial charge in [0, 0.05) is 19.3 Å². The molecule has 1 rings (SSSR count). The van der Waals surface area contributed by atoms with Gasteiger partial charge in [-0.15, -0.1) is 0 Å². The van der Waals surface area contributed by atoms with Crippen LogP contribution in [-0.2, 0) is 7.05 Å². The molecule has 0 aromatic carbocycles. The molecule has 0 saturated heterocycles. The highest BCUT2D eigenvalue weighted by atomic mass is 15.2. The Hall–Kier alpha value is -0.830. The third kappa shape index (κ3) is 2.56. The van der Waals surface area contributed by atoms with E-state index in [0.717, 1.165) is 6.54 Å². The SMILES string of the molecule is CCNC(C)C(C)c1cnn(C)c1. The van der Waals surface area contributed by atoms with Crippen molar-refractivity contribution >= 4 is 0 Å². The molecule has 0 saturated carbocycles. The van der Waals surface area contributed by atoms with Crippen molar-refractivity contribution in [3.63, 3.8) is 0 Å². The van der Waals surface area contributed by atoms with Crippen LogP contribution >= 0.6 is 0 Å². The molecule has 0 radical (unpaired) electrons. The average molecular weight is 181 g/mol. The second-order valence-electron chi connectivity index (χ2n) is 3.58. The Kier molecular flexibility index (Phi) is 3.48. The molecule has 3 nitrogen and oxygen atoms in total. The Bertz CT molecular complexity index is 254. The lowest BCUT2D eigenvalue weighted by molar-refractivity contribution is 0.495. The molecule has 0 aliphatic carbocycles. The first-order valence-electron chi connectivity index (χ1n) is 4.87. The molecule has 1 N–H and O–H groups in total. The van der Waals surface area contributed by atoms with Crippen molar-refractivity contribution in [2.45, 2.75) is 32.7 Å². The summed E-state index contributed by atoms with van der Waals surface area (Å²) in [6.07, 6.45) is 4.02. The summed E-state index contributed by atoms with van der Waals surface area (Å²) in [6.45, 7) is 7.59. The highest BCUT2D eigenvalue weighted by Gasteiger charge is 2.14. The number of likely N-dealkylation sites (N-methyl/N-ethyl adjacent to an activating group) is 1. The molecule has 13 heavy (non-hydrogen) atoms. The van der Waals surface area contributed by atoms with Crippen LogP contribution in [0, 0.1) is 0 Å². The van der Waals surface area contributed by atoms with Crippen LogP contribution in [0.15, 0.2) is 12.4 Å². The summed E-state index contributed by atoms with van der Waals surface area (Å²) in [7, 11) is 1.95. The number of nitrogens with one attached hydrogen (secondary N) is 1. The first kappa shape index (κ1) is 10.3. The minimum atomic E-state index is 0.509. The van der Waals surface area contributed by atoms with E-state index in [1.54, 1.807) is 0 Å². The van der Waals surface area contributed by atoms with Gasteiger partial charge in [0.05, 0.1) is 6.20 Å². The van der Waals surface area contributed by atoms with Gasteiger partial charge in [0.1, 0.15) is 0 Å². The summed E-state index contributed by atoms with van der Waals surface area (Å²) >= 11 is 0. The molecule has 2 unspecified atom stereocenters. The van der Waals surface area contributed by atoms with Crippen molar-refractivity contribution in [2.24, 2.45) is 7.05 Å². The second kappa shape index (κ2) is 4.42. The first-order valence-corrected chi connectivity index (χ1v) is 4.87. The highest BCUT2D eigenvalue weighted by Crippen LogP contribution is 2.17. The van der Waals surface area contributed by atoms with Crippen LogP contribution in [0.2, 0.25) is 0 Å². The lowest BCUT2D eigenvalue weighted by Gasteiger charge is -2.19. The standard InChI is InChI=1S/C10H19N3/c1-5-11-9(3)8(2)10-6-12-13(4)7-10/h6-9,11H,5H2,1-4H3. The van der Waals surface area contributed by atoms with Crippen LogP contribution in [0.1, 0.15) is 32.3 Å². The van der Waals surface area contributed by atoms with E-state index in [2.05, 4.69) is 37.4 Å². The third-order valence-corrected chi connectivity index (χ3v) is 2.53. The van der Waals surface area contributed by atoms with E-state index in [9.17, 15) is 0 Å². The Morgan fingerprint density at radius 3 is 2.69 bits per heavy atom. The quantitative estimate of drug-likeness (QED) is 0.763. The van der Waals surface area contributed by atoms with Crippen molar-refractivity contribution in [1.82, 2.24) is 15.1 Å². The van der Waals surface area contributed by atoms with Gasteiger partial charge in [0.25, 0.3) is 0 Å². The average Bonchev–Trinajstić information content (AvgIpc) is 2.51. The molecular weight excluding hydrogens is 162 g/mol. The van der Waals surface area contributed by atoms with Gasteiger partial charge in [-0.2, -0.15) is 5.10 Å². The maximum atomic E-state index is 4.17. The van der Waals surface area contributed by atoms with Crippen molar-refractivity contribution in [1.29, 1.82) is 0 Å². The Morgan fingerprint density at radius 1 is 1.54 bits per heavy atom. The zero-order valence-corrected chi connectivity index (χ0v) is 8.91. The van der Waals surface area contributed by atoms with Gasteiger partial charge < -0.3 is 5.32 Å². The molecule has 0 fully saturated rings. The van der Waals surface area contributed by atoms with Crippen LogP contribution in [0.3, 0.4) is 0 Å². The van der Waals surface area contributed by atoms with Gasteiger partial charge in [0.2, 0.25) is 0 Å². The molecular formula is C10H19N3. The lowest BCUT2D eigenvalue weighted by atomic mass is 9.97. The molecule has 74 valence electrons. The Morgan fingerprint density at radius 2 is 2.23 bits per heavy atom. The molecule has 2 atom stereocenters. The first-order chi connectivity index (χ1) is 6.15. The summed E-state index contributed by atoms with van der Waals surface area (Å²) < 4.78 is 1.85. The summed E-state index contributed by atoms with van der Waals surface area (Å²) in [5.74, 6) is 0.522. The van der Waals surface area contributed by atoms with E-state index in [1.807, 2.05) is 17.9 Å². The van der Waals surface area contributed by atoms with Gasteiger partial charge in [0.15, 0.2) is 0 Å². The van der Waals surface area contributed by atoms with Gasteiger partial charge in [-0.1, -0.05) is 13.8 Å². The predicted molar refractivity (Wildman–Crippen MR) is 54.8 cm³/mol. The van der Waals surface area contributed by atoms with E-state index in [1.165, 1.54) is 5.56 Å². The maximum Gasteiger partial charge on any atom is 0.0524 e. The number of hydrogen-bond acceptors (Lipinski definition) is 2. The summed E-state index contributed by atoms with van der Waals surface area (Å²) in [5.41, 5.74) is 1.30. The molecule has 1 heterocycles. The maximum absolute atomic E-state index is 4.17. The minimum absolute atomic E-state index is 0.509. The number of nitrogens with zero attached hydrogens (tertiary/aromatic N) is 2. The zero-order valence-electron chi connectivity index (χ0n) is 8.91. The lowest BCUT2D eigenvalue weighted by Crippen LogP contribution is -2.30. The summed E-state index contributed by atoms with van der Waals surface area (Å²) in [4.78, 5) is 0. The fourth-order valence-corrected chi connectivity index (χ4v) is 1.46. The van der Waals surface area contributed by atoms with E-state index in [4.69, 9.17) is 0 Å². The van der Waals surface area contributed by atoms with Crippen LogP contribution in [0.25, 0.3) is 0 Å². The largest absolute Gasteiger partial charge is 0.314 e. The van der Waals surface area contributed by atoms with E-state index in [-0.39, 0.29) is 0 Å². The Labute approximate surface area is 80.1 Å². The molecule has 1 aromatic heterocycles. The molecule has 3 heteroatoms. The fourth-order valence-electron chi connectivity index (χ4n) is 1.46. The second-order valence-corrected chi connectivity index (χ2v) is 3.58. The van der Waals surface area contributed by atoms with Crippen LogP contribution < -0.4 is 5.32 Å². The predicted octanol–water partition coefficient (Wildman–Crippen LogP) is 1.52.